The summed E-state index contributed by atoms with van der Waals surface area (Å²) in [6.45, 7) is 0. The van der Waals surface area contributed by atoms with Gasteiger partial charge in [0.15, 0.2) is 5.82 Å². The van der Waals surface area contributed by atoms with Crippen LogP contribution in [-0.2, 0) is 0 Å². The summed E-state index contributed by atoms with van der Waals surface area (Å²) in [7, 11) is 3.83. The van der Waals surface area contributed by atoms with Crippen molar-refractivity contribution in [2.24, 2.45) is 0 Å². The zero-order valence-corrected chi connectivity index (χ0v) is 8.75. The van der Waals surface area contributed by atoms with Crippen molar-refractivity contribution in [3.05, 3.63) is 30.9 Å². The Morgan fingerprint density at radius 3 is 2.73 bits per heavy atom. The molecule has 0 aromatic carbocycles. The van der Waals surface area contributed by atoms with Crippen molar-refractivity contribution in [3.8, 4) is 5.82 Å². The van der Waals surface area contributed by atoms with Gasteiger partial charge in [-0.1, -0.05) is 0 Å². The molecule has 0 fully saturated rings. The third kappa shape index (κ3) is 1.76. The van der Waals surface area contributed by atoms with Crippen LogP contribution in [0.15, 0.2) is 30.9 Å². The number of nitrogens with two attached hydrogens (primary N) is 1. The zero-order valence-electron chi connectivity index (χ0n) is 8.75. The summed E-state index contributed by atoms with van der Waals surface area (Å²) >= 11 is 0. The maximum Gasteiger partial charge on any atom is 0.153 e. The molecule has 2 rings (SSSR count). The Morgan fingerprint density at radius 1 is 1.33 bits per heavy atom. The molecule has 5 nitrogen and oxygen atoms in total. The van der Waals surface area contributed by atoms with Gasteiger partial charge in [-0.15, -0.1) is 0 Å². The van der Waals surface area contributed by atoms with Gasteiger partial charge in [0.25, 0.3) is 0 Å². The van der Waals surface area contributed by atoms with Crippen LogP contribution in [0.1, 0.15) is 0 Å². The average Bonchev–Trinajstić information content (AvgIpc) is 2.71. The highest BCUT2D eigenvalue weighted by atomic mass is 15.2. The third-order valence-corrected chi connectivity index (χ3v) is 2.08. The minimum atomic E-state index is 0.670. The van der Waals surface area contributed by atoms with Crippen molar-refractivity contribution in [1.82, 2.24) is 14.5 Å². The summed E-state index contributed by atoms with van der Waals surface area (Å²) in [6, 6.07) is 3.71. The number of imidazole rings is 1. The lowest BCUT2D eigenvalue weighted by Gasteiger charge is -2.14. The Hall–Kier alpha value is -2.04. The maximum atomic E-state index is 5.81. The van der Waals surface area contributed by atoms with Crippen LogP contribution in [0.25, 0.3) is 5.82 Å². The molecule has 2 aromatic rings. The van der Waals surface area contributed by atoms with Gasteiger partial charge in [-0.2, -0.15) is 0 Å². The SMILES string of the molecule is CN(C)c1nc(-n2ccnc2)ccc1N. The Bertz CT molecular complexity index is 447. The fourth-order valence-electron chi connectivity index (χ4n) is 1.35. The topological polar surface area (TPSA) is 60.0 Å². The van der Waals surface area contributed by atoms with E-state index in [1.54, 1.807) is 12.5 Å². The van der Waals surface area contributed by atoms with Crippen LogP contribution in [0, 0.1) is 0 Å². The van der Waals surface area contributed by atoms with Crippen molar-refractivity contribution in [2.75, 3.05) is 24.7 Å². The minimum Gasteiger partial charge on any atom is -0.396 e. The van der Waals surface area contributed by atoms with E-state index in [0.29, 0.717) is 5.69 Å². The molecular formula is C10H13N5. The van der Waals surface area contributed by atoms with Gasteiger partial charge in [-0.3, -0.25) is 4.57 Å². The van der Waals surface area contributed by atoms with Crippen molar-refractivity contribution in [1.29, 1.82) is 0 Å². The molecule has 0 aliphatic carbocycles. The van der Waals surface area contributed by atoms with E-state index in [0.717, 1.165) is 11.6 Å². The van der Waals surface area contributed by atoms with Gasteiger partial charge in [0.1, 0.15) is 12.1 Å². The highest BCUT2D eigenvalue weighted by molar-refractivity contribution is 5.63. The van der Waals surface area contributed by atoms with Gasteiger partial charge in [-0.25, -0.2) is 9.97 Å². The Labute approximate surface area is 88.2 Å². The van der Waals surface area contributed by atoms with Gasteiger partial charge in [-0.05, 0) is 12.1 Å². The lowest BCUT2D eigenvalue weighted by molar-refractivity contribution is 0.970. The second-order valence-corrected chi connectivity index (χ2v) is 3.45. The van der Waals surface area contributed by atoms with Gasteiger partial charge in [0.2, 0.25) is 0 Å². The Kier molecular flexibility index (Phi) is 2.29. The molecule has 0 atom stereocenters. The molecule has 0 spiro atoms. The predicted molar refractivity (Wildman–Crippen MR) is 60.1 cm³/mol. The summed E-state index contributed by atoms with van der Waals surface area (Å²) < 4.78 is 1.84. The van der Waals surface area contributed by atoms with E-state index in [-0.39, 0.29) is 0 Å². The predicted octanol–water partition coefficient (Wildman–Crippen LogP) is 0.915. The molecule has 0 aliphatic heterocycles. The third-order valence-electron chi connectivity index (χ3n) is 2.08. The van der Waals surface area contributed by atoms with E-state index in [2.05, 4.69) is 9.97 Å². The first kappa shape index (κ1) is 9.51. The highest BCUT2D eigenvalue weighted by Crippen LogP contribution is 2.19. The fraction of sp³-hybridized carbons (Fsp3) is 0.200. The van der Waals surface area contributed by atoms with Crippen LogP contribution in [-0.4, -0.2) is 28.6 Å². The Balaban J connectivity index is 2.48. The summed E-state index contributed by atoms with van der Waals surface area (Å²) in [5.74, 6) is 1.58. The normalized spacial score (nSPS) is 10.3. The standard InChI is InChI=1S/C10H13N5/c1-14(2)10-8(11)3-4-9(13-10)15-6-5-12-7-15/h3-7H,11H2,1-2H3. The molecule has 5 heteroatoms. The molecule has 0 amide bonds. The van der Waals surface area contributed by atoms with E-state index in [9.17, 15) is 0 Å². The van der Waals surface area contributed by atoms with Crippen molar-refractivity contribution in [2.45, 2.75) is 0 Å². The lowest BCUT2D eigenvalue weighted by atomic mass is 10.3. The first-order valence-corrected chi connectivity index (χ1v) is 4.60. The summed E-state index contributed by atoms with van der Waals surface area (Å²) in [4.78, 5) is 10.3. The van der Waals surface area contributed by atoms with Gasteiger partial charge in [0, 0.05) is 26.5 Å². The van der Waals surface area contributed by atoms with Crippen LogP contribution >= 0.6 is 0 Å². The largest absolute Gasteiger partial charge is 0.396 e. The lowest BCUT2D eigenvalue weighted by Crippen LogP contribution is -2.14. The van der Waals surface area contributed by atoms with Crippen molar-refractivity contribution >= 4 is 11.5 Å². The number of hydrogen-bond donors (Lipinski definition) is 1. The van der Waals surface area contributed by atoms with Crippen LogP contribution in [0.5, 0.6) is 0 Å². The number of pyridine rings is 1. The van der Waals surface area contributed by atoms with E-state index in [1.165, 1.54) is 0 Å². The van der Waals surface area contributed by atoms with E-state index < -0.39 is 0 Å². The number of nitrogens with zero attached hydrogens (tertiary/aromatic N) is 4. The molecule has 0 bridgehead atoms. The van der Waals surface area contributed by atoms with E-state index in [1.807, 2.05) is 41.9 Å². The van der Waals surface area contributed by atoms with Gasteiger partial charge < -0.3 is 10.6 Å². The summed E-state index contributed by atoms with van der Waals surface area (Å²) in [5, 5.41) is 0. The van der Waals surface area contributed by atoms with E-state index >= 15 is 0 Å². The van der Waals surface area contributed by atoms with Crippen LogP contribution in [0.2, 0.25) is 0 Å². The molecule has 2 aromatic heterocycles. The molecule has 0 saturated heterocycles. The van der Waals surface area contributed by atoms with Crippen molar-refractivity contribution < 1.29 is 0 Å². The maximum absolute atomic E-state index is 5.81. The number of nitrogen functional groups attached to an aromatic ring is 1. The van der Waals surface area contributed by atoms with Crippen LogP contribution in [0.4, 0.5) is 11.5 Å². The smallest absolute Gasteiger partial charge is 0.153 e. The minimum absolute atomic E-state index is 0.670. The van der Waals surface area contributed by atoms with Gasteiger partial charge >= 0.3 is 0 Å². The summed E-state index contributed by atoms with van der Waals surface area (Å²) in [6.07, 6.45) is 5.27. The monoisotopic (exact) mass is 203 g/mol. The van der Waals surface area contributed by atoms with E-state index in [4.69, 9.17) is 5.73 Å². The fourth-order valence-corrected chi connectivity index (χ4v) is 1.35. The highest BCUT2D eigenvalue weighted by Gasteiger charge is 2.05. The molecule has 78 valence electrons. The van der Waals surface area contributed by atoms with Gasteiger partial charge in [0.05, 0.1) is 5.69 Å². The number of rotatable bonds is 2. The molecule has 2 heterocycles. The molecule has 15 heavy (non-hydrogen) atoms. The summed E-state index contributed by atoms with van der Waals surface area (Å²) in [5.41, 5.74) is 6.48. The molecule has 0 aliphatic rings. The molecular weight excluding hydrogens is 190 g/mol. The van der Waals surface area contributed by atoms with Crippen LogP contribution in [0.3, 0.4) is 0 Å². The molecule has 0 unspecified atom stereocenters. The second kappa shape index (κ2) is 3.61. The molecule has 0 radical (unpaired) electrons. The average molecular weight is 203 g/mol. The first-order chi connectivity index (χ1) is 7.18. The number of hydrogen-bond acceptors (Lipinski definition) is 4. The quantitative estimate of drug-likeness (QED) is 0.788. The molecule has 2 N–H and O–H groups in total. The Morgan fingerprint density at radius 2 is 2.13 bits per heavy atom. The second-order valence-electron chi connectivity index (χ2n) is 3.45. The molecule has 0 saturated carbocycles. The zero-order chi connectivity index (χ0) is 10.8. The number of anilines is 2. The van der Waals surface area contributed by atoms with Crippen LogP contribution < -0.4 is 10.6 Å². The van der Waals surface area contributed by atoms with Crippen molar-refractivity contribution in [3.63, 3.8) is 0 Å². The number of aromatic nitrogens is 3. The first-order valence-electron chi connectivity index (χ1n) is 4.60.